The van der Waals surface area contributed by atoms with E-state index in [4.69, 9.17) is 9.47 Å². The van der Waals surface area contributed by atoms with E-state index in [0.717, 1.165) is 29.7 Å². The Morgan fingerprint density at radius 3 is 3.07 bits per heavy atom. The van der Waals surface area contributed by atoms with Crippen LogP contribution in [0.3, 0.4) is 0 Å². The summed E-state index contributed by atoms with van der Waals surface area (Å²) in [6.07, 6.45) is 1.39. The zero-order valence-electron chi connectivity index (χ0n) is 8.90. The van der Waals surface area contributed by atoms with E-state index in [1.807, 2.05) is 18.2 Å². The van der Waals surface area contributed by atoms with Gasteiger partial charge in [0, 0.05) is 12.7 Å². The maximum Gasteiger partial charge on any atom is 0.122 e. The zero-order valence-corrected chi connectivity index (χ0v) is 8.90. The van der Waals surface area contributed by atoms with Crippen molar-refractivity contribution in [1.82, 2.24) is 0 Å². The van der Waals surface area contributed by atoms with Crippen LogP contribution in [-0.4, -0.2) is 25.4 Å². The monoisotopic (exact) mass is 208 g/mol. The lowest BCUT2D eigenvalue weighted by Gasteiger charge is -2.10. The minimum Gasteiger partial charge on any atom is -0.491 e. The third-order valence-electron chi connectivity index (χ3n) is 2.74. The van der Waals surface area contributed by atoms with Crippen molar-refractivity contribution in [2.45, 2.75) is 18.9 Å². The molecule has 1 atom stereocenters. The minimum atomic E-state index is -0.314. The first-order chi connectivity index (χ1) is 7.33. The Hall–Kier alpha value is -1.06. The summed E-state index contributed by atoms with van der Waals surface area (Å²) in [6, 6.07) is 5.85. The Morgan fingerprint density at radius 1 is 1.40 bits per heavy atom. The van der Waals surface area contributed by atoms with Crippen LogP contribution in [0, 0.1) is 0 Å². The van der Waals surface area contributed by atoms with Crippen LogP contribution >= 0.6 is 0 Å². The number of ether oxygens (including phenoxy) is 2. The number of fused-ring (bicyclic) bond motifs is 1. The lowest BCUT2D eigenvalue weighted by Crippen LogP contribution is -2.05. The quantitative estimate of drug-likeness (QED) is 0.765. The van der Waals surface area contributed by atoms with Crippen molar-refractivity contribution in [1.29, 1.82) is 0 Å². The Labute approximate surface area is 89.6 Å². The number of hydrogen-bond acceptors (Lipinski definition) is 3. The van der Waals surface area contributed by atoms with Crippen molar-refractivity contribution in [3.8, 4) is 5.75 Å². The number of benzene rings is 1. The van der Waals surface area contributed by atoms with E-state index in [0.29, 0.717) is 13.2 Å². The van der Waals surface area contributed by atoms with Crippen molar-refractivity contribution in [2.24, 2.45) is 0 Å². The van der Waals surface area contributed by atoms with Crippen LogP contribution in [0.4, 0.5) is 0 Å². The summed E-state index contributed by atoms with van der Waals surface area (Å²) >= 11 is 0. The van der Waals surface area contributed by atoms with Crippen molar-refractivity contribution >= 4 is 0 Å². The van der Waals surface area contributed by atoms with E-state index in [2.05, 4.69) is 0 Å². The van der Waals surface area contributed by atoms with Crippen molar-refractivity contribution in [2.75, 3.05) is 20.3 Å². The van der Waals surface area contributed by atoms with Gasteiger partial charge < -0.3 is 14.6 Å². The summed E-state index contributed by atoms with van der Waals surface area (Å²) in [4.78, 5) is 0. The minimum absolute atomic E-state index is 0.314. The molecule has 0 saturated heterocycles. The summed E-state index contributed by atoms with van der Waals surface area (Å²) in [5.74, 6) is 0.890. The largest absolute Gasteiger partial charge is 0.491 e. The second-order valence-electron chi connectivity index (χ2n) is 3.72. The highest BCUT2D eigenvalue weighted by Gasteiger charge is 2.22. The fraction of sp³-hybridized carbons (Fsp3) is 0.500. The molecule has 1 aliphatic rings. The summed E-state index contributed by atoms with van der Waals surface area (Å²) in [7, 11) is 1.66. The number of aliphatic hydroxyl groups excluding tert-OH is 1. The molecule has 3 heteroatoms. The van der Waals surface area contributed by atoms with Crippen LogP contribution in [0.25, 0.3) is 0 Å². The van der Waals surface area contributed by atoms with E-state index in [1.165, 1.54) is 0 Å². The third-order valence-corrected chi connectivity index (χ3v) is 2.74. The van der Waals surface area contributed by atoms with Gasteiger partial charge >= 0.3 is 0 Å². The average molecular weight is 208 g/mol. The molecule has 0 amide bonds. The van der Waals surface area contributed by atoms with Gasteiger partial charge in [0.25, 0.3) is 0 Å². The molecule has 2 rings (SSSR count). The van der Waals surface area contributed by atoms with Crippen LogP contribution in [-0.2, 0) is 11.2 Å². The average Bonchev–Trinajstić information content (AvgIpc) is 2.62. The molecule has 0 aliphatic heterocycles. The molecule has 0 spiro atoms. The first-order valence-corrected chi connectivity index (χ1v) is 5.24. The van der Waals surface area contributed by atoms with Gasteiger partial charge in [0.15, 0.2) is 0 Å². The predicted molar refractivity (Wildman–Crippen MR) is 57.1 cm³/mol. The molecule has 15 heavy (non-hydrogen) atoms. The third kappa shape index (κ3) is 2.13. The lowest BCUT2D eigenvalue weighted by atomic mass is 10.1. The highest BCUT2D eigenvalue weighted by Crippen LogP contribution is 2.36. The molecule has 3 nitrogen and oxygen atoms in total. The van der Waals surface area contributed by atoms with Gasteiger partial charge in [-0.2, -0.15) is 0 Å². The van der Waals surface area contributed by atoms with Crippen molar-refractivity contribution < 1.29 is 14.6 Å². The van der Waals surface area contributed by atoms with Crippen LogP contribution in [0.1, 0.15) is 23.7 Å². The van der Waals surface area contributed by atoms with Gasteiger partial charge in [-0.1, -0.05) is 12.1 Å². The smallest absolute Gasteiger partial charge is 0.122 e. The molecule has 0 aromatic heterocycles. The maximum absolute atomic E-state index is 9.70. The Kier molecular flexibility index (Phi) is 3.23. The first kappa shape index (κ1) is 10.5. The molecule has 0 radical (unpaired) electrons. The molecule has 0 heterocycles. The van der Waals surface area contributed by atoms with Gasteiger partial charge in [-0.3, -0.25) is 0 Å². The van der Waals surface area contributed by atoms with Crippen molar-refractivity contribution in [3.63, 3.8) is 0 Å². The predicted octanol–water partition coefficient (Wildman–Crippen LogP) is 1.69. The first-order valence-electron chi connectivity index (χ1n) is 5.24. The normalized spacial score (nSPS) is 18.9. The topological polar surface area (TPSA) is 38.7 Å². The number of hydrogen-bond donors (Lipinski definition) is 1. The fourth-order valence-electron chi connectivity index (χ4n) is 1.97. The zero-order chi connectivity index (χ0) is 10.7. The summed E-state index contributed by atoms with van der Waals surface area (Å²) in [6.45, 7) is 1.15. The summed E-state index contributed by atoms with van der Waals surface area (Å²) < 4.78 is 10.5. The van der Waals surface area contributed by atoms with Gasteiger partial charge in [0.1, 0.15) is 12.4 Å². The fourth-order valence-corrected chi connectivity index (χ4v) is 1.97. The van der Waals surface area contributed by atoms with Gasteiger partial charge in [0.05, 0.1) is 12.7 Å². The van der Waals surface area contributed by atoms with Crippen LogP contribution in [0.2, 0.25) is 0 Å². The molecule has 82 valence electrons. The maximum atomic E-state index is 9.70. The number of aliphatic hydroxyl groups is 1. The molecule has 1 N–H and O–H groups in total. The molecule has 0 bridgehead atoms. The van der Waals surface area contributed by atoms with Gasteiger partial charge in [-0.05, 0) is 24.5 Å². The molecule has 1 aromatic carbocycles. The lowest BCUT2D eigenvalue weighted by molar-refractivity contribution is 0.146. The number of methoxy groups -OCH3 is 1. The van der Waals surface area contributed by atoms with Crippen LogP contribution in [0.15, 0.2) is 18.2 Å². The molecule has 1 aromatic rings. The SMILES string of the molecule is COCCOc1cccc2c1CCC2O. The van der Waals surface area contributed by atoms with Gasteiger partial charge in [-0.15, -0.1) is 0 Å². The second-order valence-corrected chi connectivity index (χ2v) is 3.72. The summed E-state index contributed by atoms with van der Waals surface area (Å²) in [5, 5.41) is 9.70. The standard InChI is InChI=1S/C12H16O3/c1-14-7-8-15-12-4-2-3-9-10(12)5-6-11(9)13/h2-4,11,13H,5-8H2,1H3. The van der Waals surface area contributed by atoms with Gasteiger partial charge in [-0.25, -0.2) is 0 Å². The molecular formula is C12H16O3. The molecule has 1 unspecified atom stereocenters. The van der Waals surface area contributed by atoms with E-state index in [9.17, 15) is 5.11 Å². The summed E-state index contributed by atoms with van der Waals surface area (Å²) in [5.41, 5.74) is 2.17. The van der Waals surface area contributed by atoms with E-state index in [-0.39, 0.29) is 6.10 Å². The highest BCUT2D eigenvalue weighted by molar-refractivity contribution is 5.44. The van der Waals surface area contributed by atoms with E-state index in [1.54, 1.807) is 7.11 Å². The Balaban J connectivity index is 2.12. The number of rotatable bonds is 4. The second kappa shape index (κ2) is 4.64. The highest BCUT2D eigenvalue weighted by atomic mass is 16.5. The van der Waals surface area contributed by atoms with Crippen molar-refractivity contribution in [3.05, 3.63) is 29.3 Å². The van der Waals surface area contributed by atoms with Gasteiger partial charge in [0.2, 0.25) is 0 Å². The Bertz CT molecular complexity index is 336. The molecule has 0 fully saturated rings. The van der Waals surface area contributed by atoms with E-state index < -0.39 is 0 Å². The molecular weight excluding hydrogens is 192 g/mol. The molecule has 1 aliphatic carbocycles. The van der Waals surface area contributed by atoms with Crippen LogP contribution in [0.5, 0.6) is 5.75 Å². The van der Waals surface area contributed by atoms with E-state index >= 15 is 0 Å². The Morgan fingerprint density at radius 2 is 2.27 bits per heavy atom. The molecule has 0 saturated carbocycles. The van der Waals surface area contributed by atoms with Crippen LogP contribution < -0.4 is 4.74 Å².